The van der Waals surface area contributed by atoms with Gasteiger partial charge in [-0.1, -0.05) is 13.8 Å². The van der Waals surface area contributed by atoms with Gasteiger partial charge in [0.15, 0.2) is 16.9 Å². The minimum atomic E-state index is -0.00611. The fourth-order valence-corrected chi connectivity index (χ4v) is 1.91. The predicted molar refractivity (Wildman–Crippen MR) is 71.8 cm³/mol. The Hall–Kier alpha value is -1.97. The standard InChI is InChI=1S/C14H17NO3/c1-8(2)10-6-12(16)9-5-13(17-3)14(18-4)7-11(9)15-10/h5-8H,1-4H3,(H,15,16). The van der Waals surface area contributed by atoms with E-state index in [1.807, 2.05) is 13.8 Å². The number of rotatable bonds is 3. The first-order valence-corrected chi connectivity index (χ1v) is 5.85. The lowest BCUT2D eigenvalue weighted by molar-refractivity contribution is 0.355. The van der Waals surface area contributed by atoms with Crippen LogP contribution in [0.3, 0.4) is 0 Å². The third kappa shape index (κ3) is 2.06. The third-order valence-electron chi connectivity index (χ3n) is 2.98. The number of ether oxygens (including phenoxy) is 2. The van der Waals surface area contributed by atoms with Crippen molar-refractivity contribution >= 4 is 10.9 Å². The maximum Gasteiger partial charge on any atom is 0.189 e. The lowest BCUT2D eigenvalue weighted by Gasteiger charge is -2.11. The number of benzene rings is 1. The first-order chi connectivity index (χ1) is 8.56. The van der Waals surface area contributed by atoms with Crippen molar-refractivity contribution in [3.05, 3.63) is 34.1 Å². The summed E-state index contributed by atoms with van der Waals surface area (Å²) in [5, 5.41) is 0.608. The zero-order valence-electron chi connectivity index (χ0n) is 11.0. The van der Waals surface area contributed by atoms with Gasteiger partial charge in [-0.25, -0.2) is 0 Å². The molecular formula is C14H17NO3. The van der Waals surface area contributed by atoms with E-state index in [0.717, 1.165) is 11.2 Å². The van der Waals surface area contributed by atoms with E-state index in [9.17, 15) is 4.79 Å². The lowest BCUT2D eigenvalue weighted by Crippen LogP contribution is -2.07. The van der Waals surface area contributed by atoms with Gasteiger partial charge in [0.25, 0.3) is 0 Å². The van der Waals surface area contributed by atoms with Crippen molar-refractivity contribution in [3.8, 4) is 11.5 Å². The van der Waals surface area contributed by atoms with Gasteiger partial charge < -0.3 is 14.5 Å². The predicted octanol–water partition coefficient (Wildman–Crippen LogP) is 2.67. The van der Waals surface area contributed by atoms with E-state index in [1.54, 1.807) is 32.4 Å². The quantitative estimate of drug-likeness (QED) is 0.907. The van der Waals surface area contributed by atoms with Crippen LogP contribution in [0.25, 0.3) is 10.9 Å². The molecule has 2 rings (SSSR count). The minimum Gasteiger partial charge on any atom is -0.493 e. The summed E-state index contributed by atoms with van der Waals surface area (Å²) in [6, 6.07) is 5.14. The summed E-state index contributed by atoms with van der Waals surface area (Å²) in [5.41, 5.74) is 1.68. The van der Waals surface area contributed by atoms with Gasteiger partial charge in [0, 0.05) is 23.2 Å². The first-order valence-electron chi connectivity index (χ1n) is 5.85. The number of aromatic nitrogens is 1. The molecule has 1 heterocycles. The van der Waals surface area contributed by atoms with Crippen LogP contribution in [0, 0.1) is 0 Å². The van der Waals surface area contributed by atoms with Gasteiger partial charge in [-0.3, -0.25) is 4.79 Å². The van der Waals surface area contributed by atoms with E-state index in [1.165, 1.54) is 0 Å². The molecule has 96 valence electrons. The maximum atomic E-state index is 12.1. The molecule has 2 aromatic rings. The summed E-state index contributed by atoms with van der Waals surface area (Å²) in [6.45, 7) is 4.08. The molecule has 0 spiro atoms. The van der Waals surface area contributed by atoms with Crippen molar-refractivity contribution in [3.63, 3.8) is 0 Å². The summed E-state index contributed by atoms with van der Waals surface area (Å²) in [6.07, 6.45) is 0. The molecule has 1 aromatic carbocycles. The Kier molecular flexibility index (Phi) is 3.28. The molecule has 0 aliphatic rings. The Morgan fingerprint density at radius 1 is 1.06 bits per heavy atom. The Labute approximate surface area is 106 Å². The van der Waals surface area contributed by atoms with Crippen molar-refractivity contribution in [2.75, 3.05) is 14.2 Å². The van der Waals surface area contributed by atoms with Crippen molar-refractivity contribution in [2.24, 2.45) is 0 Å². The number of H-pyrrole nitrogens is 1. The Morgan fingerprint density at radius 2 is 1.67 bits per heavy atom. The number of fused-ring (bicyclic) bond motifs is 1. The van der Waals surface area contributed by atoms with Gasteiger partial charge in [-0.15, -0.1) is 0 Å². The Morgan fingerprint density at radius 3 is 2.22 bits per heavy atom. The van der Waals surface area contributed by atoms with Crippen molar-refractivity contribution < 1.29 is 9.47 Å². The van der Waals surface area contributed by atoms with Crippen molar-refractivity contribution in [1.29, 1.82) is 0 Å². The number of hydrogen-bond acceptors (Lipinski definition) is 3. The molecule has 4 nitrogen and oxygen atoms in total. The molecule has 0 aliphatic carbocycles. The highest BCUT2D eigenvalue weighted by Crippen LogP contribution is 2.30. The summed E-state index contributed by atoms with van der Waals surface area (Å²) < 4.78 is 10.4. The van der Waals surface area contributed by atoms with Crippen LogP contribution in [0.4, 0.5) is 0 Å². The smallest absolute Gasteiger partial charge is 0.189 e. The van der Waals surface area contributed by atoms with E-state index >= 15 is 0 Å². The number of aromatic amines is 1. The Bertz CT molecular complexity index is 629. The van der Waals surface area contributed by atoms with E-state index in [2.05, 4.69) is 4.98 Å². The van der Waals surface area contributed by atoms with Gasteiger partial charge in [0.05, 0.1) is 19.7 Å². The molecule has 0 atom stereocenters. The molecule has 4 heteroatoms. The summed E-state index contributed by atoms with van der Waals surface area (Å²) in [7, 11) is 3.13. The van der Waals surface area contributed by atoms with Gasteiger partial charge in [-0.2, -0.15) is 0 Å². The molecule has 0 fully saturated rings. The number of hydrogen-bond donors (Lipinski definition) is 1. The van der Waals surface area contributed by atoms with Gasteiger partial charge in [-0.05, 0) is 12.0 Å². The monoisotopic (exact) mass is 247 g/mol. The second-order valence-corrected chi connectivity index (χ2v) is 4.50. The van der Waals surface area contributed by atoms with Crippen LogP contribution in [0.5, 0.6) is 11.5 Å². The van der Waals surface area contributed by atoms with Crippen LogP contribution in [0.2, 0.25) is 0 Å². The van der Waals surface area contributed by atoms with Crippen LogP contribution >= 0.6 is 0 Å². The molecule has 0 unspecified atom stereocenters. The van der Waals surface area contributed by atoms with Crippen LogP contribution < -0.4 is 14.9 Å². The average molecular weight is 247 g/mol. The molecule has 0 saturated heterocycles. The van der Waals surface area contributed by atoms with Gasteiger partial charge in [0.1, 0.15) is 0 Å². The molecule has 0 saturated carbocycles. The summed E-state index contributed by atoms with van der Waals surface area (Å²) >= 11 is 0. The lowest BCUT2D eigenvalue weighted by atomic mass is 10.1. The van der Waals surface area contributed by atoms with Gasteiger partial charge in [0.2, 0.25) is 0 Å². The number of pyridine rings is 1. The molecule has 0 bridgehead atoms. The highest BCUT2D eigenvalue weighted by Gasteiger charge is 2.10. The Balaban J connectivity index is 2.76. The molecule has 0 radical (unpaired) electrons. The first kappa shape index (κ1) is 12.5. The average Bonchev–Trinajstić information content (AvgIpc) is 2.36. The molecule has 1 aromatic heterocycles. The molecular weight excluding hydrogens is 230 g/mol. The molecule has 1 N–H and O–H groups in total. The topological polar surface area (TPSA) is 51.3 Å². The number of methoxy groups -OCH3 is 2. The fraction of sp³-hybridized carbons (Fsp3) is 0.357. The number of nitrogens with one attached hydrogen (secondary N) is 1. The molecule has 18 heavy (non-hydrogen) atoms. The zero-order valence-corrected chi connectivity index (χ0v) is 11.0. The van der Waals surface area contributed by atoms with E-state index in [0.29, 0.717) is 16.9 Å². The summed E-state index contributed by atoms with van der Waals surface area (Å²) in [4.78, 5) is 15.3. The zero-order chi connectivity index (χ0) is 13.3. The van der Waals surface area contributed by atoms with Gasteiger partial charge >= 0.3 is 0 Å². The van der Waals surface area contributed by atoms with Crippen LogP contribution in [0.15, 0.2) is 23.0 Å². The summed E-state index contributed by atoms with van der Waals surface area (Å²) in [5.74, 6) is 1.45. The van der Waals surface area contributed by atoms with Crippen molar-refractivity contribution in [2.45, 2.75) is 19.8 Å². The largest absolute Gasteiger partial charge is 0.493 e. The fourth-order valence-electron chi connectivity index (χ4n) is 1.91. The maximum absolute atomic E-state index is 12.1. The molecule has 0 amide bonds. The van der Waals surface area contributed by atoms with Crippen molar-refractivity contribution in [1.82, 2.24) is 4.98 Å². The van der Waals surface area contributed by atoms with E-state index in [-0.39, 0.29) is 11.3 Å². The normalized spacial score (nSPS) is 10.9. The van der Waals surface area contributed by atoms with Crippen LogP contribution in [-0.4, -0.2) is 19.2 Å². The third-order valence-corrected chi connectivity index (χ3v) is 2.98. The molecule has 0 aliphatic heterocycles. The van der Waals surface area contributed by atoms with E-state index < -0.39 is 0 Å². The highest BCUT2D eigenvalue weighted by molar-refractivity contribution is 5.82. The van der Waals surface area contributed by atoms with Crippen LogP contribution in [-0.2, 0) is 0 Å². The highest BCUT2D eigenvalue weighted by atomic mass is 16.5. The van der Waals surface area contributed by atoms with Crippen LogP contribution in [0.1, 0.15) is 25.5 Å². The SMILES string of the molecule is COc1cc2[nH]c(C(C)C)cc(=O)c2cc1OC. The second-order valence-electron chi connectivity index (χ2n) is 4.50. The second kappa shape index (κ2) is 4.72. The minimum absolute atomic E-state index is 0.00611. The van der Waals surface area contributed by atoms with E-state index in [4.69, 9.17) is 9.47 Å².